The van der Waals surface area contributed by atoms with E-state index in [1.54, 1.807) is 0 Å². The van der Waals surface area contributed by atoms with Crippen molar-refractivity contribution in [1.82, 2.24) is 9.13 Å². The summed E-state index contributed by atoms with van der Waals surface area (Å²) in [5.74, 6) is 0. The molecule has 0 atom stereocenters. The molecule has 2 heterocycles. The smallest absolute Gasteiger partial charge is 0.0547 e. The summed E-state index contributed by atoms with van der Waals surface area (Å²) in [7, 11) is 0. The summed E-state index contributed by atoms with van der Waals surface area (Å²) >= 11 is 0. The van der Waals surface area contributed by atoms with E-state index in [9.17, 15) is 0 Å². The Morgan fingerprint density at radius 1 is 0.333 bits per heavy atom. The monoisotopic (exact) mass is 692 g/mol. The van der Waals surface area contributed by atoms with Gasteiger partial charge in [-0.1, -0.05) is 148 Å². The van der Waals surface area contributed by atoms with Gasteiger partial charge in [-0.2, -0.15) is 0 Å². The minimum atomic E-state index is 0.139. The average molecular weight is 693 g/mol. The van der Waals surface area contributed by atoms with Crippen LogP contribution in [-0.2, 0) is 5.41 Å². The number of benzene rings is 8. The number of fused-ring (bicyclic) bond motifs is 6. The van der Waals surface area contributed by atoms with Gasteiger partial charge in [0.2, 0.25) is 0 Å². The standard InChI is InChI=1S/C52H40N2/c1-52(2,3)40-27-21-35(22-28-40)36-23-29-42(30-24-36)53-47-19-11-10-17-44(47)45-33-38(25-31-48(45)53)39-26-32-49-46(34-39)51-43(37-13-6-4-7-14-37)18-12-20-50(51)54(49)41-15-8-5-9-16-41/h4-34H,1-3H3. The van der Waals surface area contributed by atoms with Gasteiger partial charge in [0.1, 0.15) is 0 Å². The van der Waals surface area contributed by atoms with Crippen molar-refractivity contribution in [3.63, 3.8) is 0 Å². The van der Waals surface area contributed by atoms with Crippen molar-refractivity contribution in [2.45, 2.75) is 26.2 Å². The molecule has 10 rings (SSSR count). The van der Waals surface area contributed by atoms with Crippen molar-refractivity contribution in [2.75, 3.05) is 0 Å². The van der Waals surface area contributed by atoms with Gasteiger partial charge in [-0.15, -0.1) is 0 Å². The summed E-state index contributed by atoms with van der Waals surface area (Å²) in [6, 6.07) is 69.0. The van der Waals surface area contributed by atoms with Crippen molar-refractivity contribution in [3.05, 3.63) is 194 Å². The fraction of sp³-hybridized carbons (Fsp3) is 0.0769. The quantitative estimate of drug-likeness (QED) is 0.170. The maximum Gasteiger partial charge on any atom is 0.0547 e. The lowest BCUT2D eigenvalue weighted by Gasteiger charge is -2.19. The Morgan fingerprint density at radius 2 is 0.833 bits per heavy atom. The Balaban J connectivity index is 1.11. The van der Waals surface area contributed by atoms with Gasteiger partial charge in [-0.3, -0.25) is 0 Å². The molecule has 0 aliphatic rings. The molecule has 0 N–H and O–H groups in total. The third kappa shape index (κ3) is 5.25. The molecule has 2 heteroatoms. The highest BCUT2D eigenvalue weighted by Crippen LogP contribution is 2.41. The van der Waals surface area contributed by atoms with Crippen molar-refractivity contribution in [2.24, 2.45) is 0 Å². The number of rotatable bonds is 5. The first kappa shape index (κ1) is 32.0. The van der Waals surface area contributed by atoms with Crippen molar-refractivity contribution in [3.8, 4) is 44.8 Å². The van der Waals surface area contributed by atoms with Crippen molar-refractivity contribution in [1.29, 1.82) is 0 Å². The second kappa shape index (κ2) is 12.5. The van der Waals surface area contributed by atoms with Crippen LogP contribution in [0, 0.1) is 0 Å². The van der Waals surface area contributed by atoms with Crippen LogP contribution in [0.2, 0.25) is 0 Å². The fourth-order valence-electron chi connectivity index (χ4n) is 8.36. The Bertz CT molecular complexity index is 2970. The Labute approximate surface area is 316 Å². The lowest BCUT2D eigenvalue weighted by Crippen LogP contribution is -2.10. The third-order valence-corrected chi connectivity index (χ3v) is 11.1. The van der Waals surface area contributed by atoms with Gasteiger partial charge in [0.25, 0.3) is 0 Å². The Morgan fingerprint density at radius 3 is 1.52 bits per heavy atom. The van der Waals surface area contributed by atoms with E-state index in [-0.39, 0.29) is 5.41 Å². The molecule has 0 aliphatic heterocycles. The molecule has 0 saturated heterocycles. The summed E-state index contributed by atoms with van der Waals surface area (Å²) in [4.78, 5) is 0. The van der Waals surface area contributed by atoms with E-state index in [0.717, 1.165) is 11.4 Å². The van der Waals surface area contributed by atoms with E-state index in [4.69, 9.17) is 0 Å². The Hall–Kier alpha value is -6.64. The zero-order valence-electron chi connectivity index (χ0n) is 30.8. The van der Waals surface area contributed by atoms with Gasteiger partial charge < -0.3 is 9.13 Å². The predicted octanol–water partition coefficient (Wildman–Crippen LogP) is 14.2. The van der Waals surface area contributed by atoms with Crippen LogP contribution in [0.15, 0.2) is 188 Å². The molecule has 0 aliphatic carbocycles. The van der Waals surface area contributed by atoms with E-state index in [0.29, 0.717) is 0 Å². The fourth-order valence-corrected chi connectivity index (χ4v) is 8.36. The number of hydrogen-bond donors (Lipinski definition) is 0. The number of aromatic nitrogens is 2. The molecule has 0 radical (unpaired) electrons. The van der Waals surface area contributed by atoms with Crippen LogP contribution < -0.4 is 0 Å². The zero-order valence-corrected chi connectivity index (χ0v) is 30.8. The summed E-state index contributed by atoms with van der Waals surface area (Å²) in [6.07, 6.45) is 0. The summed E-state index contributed by atoms with van der Waals surface area (Å²) in [5, 5.41) is 5.03. The van der Waals surface area contributed by atoms with Crippen LogP contribution >= 0.6 is 0 Å². The maximum absolute atomic E-state index is 2.41. The highest BCUT2D eigenvalue weighted by molar-refractivity contribution is 6.17. The number of para-hydroxylation sites is 2. The summed E-state index contributed by atoms with van der Waals surface area (Å²) in [5.41, 5.74) is 16.0. The molecule has 0 amide bonds. The second-order valence-corrected chi connectivity index (χ2v) is 15.4. The molecule has 0 unspecified atom stereocenters. The van der Waals surface area contributed by atoms with Gasteiger partial charge in [-0.05, 0) is 105 Å². The average Bonchev–Trinajstić information content (AvgIpc) is 3.73. The van der Waals surface area contributed by atoms with Gasteiger partial charge in [0.15, 0.2) is 0 Å². The zero-order chi connectivity index (χ0) is 36.4. The van der Waals surface area contributed by atoms with E-state index >= 15 is 0 Å². The predicted molar refractivity (Wildman–Crippen MR) is 230 cm³/mol. The maximum atomic E-state index is 2.41. The Kier molecular flexibility index (Phi) is 7.42. The molecule has 2 nitrogen and oxygen atoms in total. The van der Waals surface area contributed by atoms with E-state index < -0.39 is 0 Å². The first-order valence-corrected chi connectivity index (χ1v) is 18.9. The minimum Gasteiger partial charge on any atom is -0.309 e. The lowest BCUT2D eigenvalue weighted by atomic mass is 9.86. The molecule has 54 heavy (non-hydrogen) atoms. The molecule has 0 fully saturated rings. The van der Waals surface area contributed by atoms with Crippen LogP contribution in [0.4, 0.5) is 0 Å². The normalized spacial score (nSPS) is 12.0. The number of nitrogens with zero attached hydrogens (tertiary/aromatic N) is 2. The summed E-state index contributed by atoms with van der Waals surface area (Å²) < 4.78 is 4.81. The molecule has 8 aromatic carbocycles. The molecule has 10 aromatic rings. The number of hydrogen-bond acceptors (Lipinski definition) is 0. The third-order valence-electron chi connectivity index (χ3n) is 11.1. The lowest BCUT2D eigenvalue weighted by molar-refractivity contribution is 0.590. The molecule has 0 saturated carbocycles. The van der Waals surface area contributed by atoms with E-state index in [2.05, 4.69) is 218 Å². The van der Waals surface area contributed by atoms with Crippen LogP contribution in [0.25, 0.3) is 88.4 Å². The van der Waals surface area contributed by atoms with Crippen LogP contribution in [0.5, 0.6) is 0 Å². The molecular weight excluding hydrogens is 653 g/mol. The largest absolute Gasteiger partial charge is 0.309 e. The van der Waals surface area contributed by atoms with Crippen LogP contribution in [0.1, 0.15) is 26.3 Å². The van der Waals surface area contributed by atoms with Crippen LogP contribution in [0.3, 0.4) is 0 Å². The van der Waals surface area contributed by atoms with Gasteiger partial charge >= 0.3 is 0 Å². The van der Waals surface area contributed by atoms with Crippen molar-refractivity contribution >= 4 is 43.6 Å². The second-order valence-electron chi connectivity index (χ2n) is 15.4. The van der Waals surface area contributed by atoms with Crippen LogP contribution in [-0.4, -0.2) is 9.13 Å². The van der Waals surface area contributed by atoms with Gasteiger partial charge in [0.05, 0.1) is 22.1 Å². The minimum absolute atomic E-state index is 0.139. The van der Waals surface area contributed by atoms with Gasteiger partial charge in [0, 0.05) is 32.9 Å². The SMILES string of the molecule is CC(C)(C)c1ccc(-c2ccc(-n3c4ccccc4c4cc(-c5ccc6c(c5)c5c(-c7ccccc7)cccc5n6-c5ccccc5)ccc43)cc2)cc1. The van der Waals surface area contributed by atoms with E-state index in [1.165, 1.54) is 82.6 Å². The molecule has 0 spiro atoms. The molecular formula is C52H40N2. The first-order chi connectivity index (χ1) is 26.4. The van der Waals surface area contributed by atoms with Gasteiger partial charge in [-0.25, -0.2) is 0 Å². The first-order valence-electron chi connectivity index (χ1n) is 18.9. The highest BCUT2D eigenvalue weighted by Gasteiger charge is 2.19. The molecule has 0 bridgehead atoms. The molecule has 258 valence electrons. The topological polar surface area (TPSA) is 9.86 Å². The van der Waals surface area contributed by atoms with E-state index in [1.807, 2.05) is 0 Å². The highest BCUT2D eigenvalue weighted by atomic mass is 15.0. The van der Waals surface area contributed by atoms with Crippen molar-refractivity contribution < 1.29 is 0 Å². The summed E-state index contributed by atoms with van der Waals surface area (Å²) in [6.45, 7) is 6.78. The molecule has 2 aromatic heterocycles.